The van der Waals surface area contributed by atoms with Crippen molar-refractivity contribution in [2.75, 3.05) is 19.8 Å². The highest BCUT2D eigenvalue weighted by molar-refractivity contribution is 9.10. The minimum atomic E-state index is 0.0855. The van der Waals surface area contributed by atoms with Crippen LogP contribution in [-0.4, -0.2) is 25.9 Å². The van der Waals surface area contributed by atoms with Crippen molar-refractivity contribution in [1.82, 2.24) is 0 Å². The van der Waals surface area contributed by atoms with Crippen molar-refractivity contribution in [2.45, 2.75) is 12.0 Å². The second kappa shape index (κ2) is 5.51. The predicted molar refractivity (Wildman–Crippen MR) is 89.7 cm³/mol. The van der Waals surface area contributed by atoms with Gasteiger partial charge in [-0.3, -0.25) is 0 Å². The fourth-order valence-corrected chi connectivity index (χ4v) is 4.10. The Morgan fingerprint density at radius 1 is 0.857 bits per heavy atom. The smallest absolute Gasteiger partial charge is 0.0918 e. The van der Waals surface area contributed by atoms with E-state index in [1.165, 1.54) is 22.3 Å². The Hall–Kier alpha value is -0.680. The van der Waals surface area contributed by atoms with Gasteiger partial charge in [0.2, 0.25) is 0 Å². The van der Waals surface area contributed by atoms with Crippen LogP contribution < -0.4 is 0 Å². The molecule has 4 heteroatoms. The predicted octanol–water partition coefficient (Wildman–Crippen LogP) is 4.74. The van der Waals surface area contributed by atoms with E-state index >= 15 is 0 Å². The van der Waals surface area contributed by atoms with Gasteiger partial charge in [-0.15, -0.1) is 0 Å². The zero-order valence-electron chi connectivity index (χ0n) is 11.3. The maximum absolute atomic E-state index is 6.00. The normalized spacial score (nSPS) is 21.1. The molecule has 2 nitrogen and oxygen atoms in total. The number of benzene rings is 2. The molecule has 1 aliphatic heterocycles. The van der Waals surface area contributed by atoms with Gasteiger partial charge in [-0.1, -0.05) is 44.0 Å². The first-order valence-electron chi connectivity index (χ1n) is 7.02. The van der Waals surface area contributed by atoms with Crippen LogP contribution in [0.4, 0.5) is 0 Å². The van der Waals surface area contributed by atoms with E-state index < -0.39 is 0 Å². The molecule has 0 saturated carbocycles. The van der Waals surface area contributed by atoms with Crippen LogP contribution in [0.5, 0.6) is 0 Å². The van der Waals surface area contributed by atoms with Gasteiger partial charge in [-0.2, -0.15) is 0 Å². The summed E-state index contributed by atoms with van der Waals surface area (Å²) < 4.78 is 13.8. The molecule has 1 heterocycles. The molecule has 1 saturated heterocycles. The number of halogens is 2. The molecule has 0 N–H and O–H groups in total. The average molecular weight is 410 g/mol. The summed E-state index contributed by atoms with van der Waals surface area (Å²) in [7, 11) is 0. The number of fused-ring (bicyclic) bond motifs is 3. The molecule has 2 aliphatic rings. The van der Waals surface area contributed by atoms with Gasteiger partial charge >= 0.3 is 0 Å². The van der Waals surface area contributed by atoms with E-state index in [1.54, 1.807) is 0 Å². The molecule has 2 aromatic rings. The van der Waals surface area contributed by atoms with Gasteiger partial charge in [0.05, 0.1) is 25.9 Å². The third-order valence-corrected chi connectivity index (χ3v) is 5.19. The van der Waals surface area contributed by atoms with Gasteiger partial charge in [-0.25, -0.2) is 0 Å². The van der Waals surface area contributed by atoms with Crippen molar-refractivity contribution < 1.29 is 9.47 Å². The van der Waals surface area contributed by atoms with E-state index in [2.05, 4.69) is 68.3 Å². The van der Waals surface area contributed by atoms with Crippen molar-refractivity contribution in [3.63, 3.8) is 0 Å². The number of hydrogen-bond donors (Lipinski definition) is 0. The van der Waals surface area contributed by atoms with E-state index in [1.807, 2.05) is 0 Å². The lowest BCUT2D eigenvalue weighted by atomic mass is 9.91. The summed E-state index contributed by atoms with van der Waals surface area (Å²) in [6.07, 6.45) is 0.0855. The number of ether oxygens (including phenoxy) is 2. The van der Waals surface area contributed by atoms with Crippen LogP contribution in [0, 0.1) is 0 Å². The van der Waals surface area contributed by atoms with Crippen LogP contribution in [0.2, 0.25) is 0 Å². The van der Waals surface area contributed by atoms with Crippen LogP contribution in [0.1, 0.15) is 17.0 Å². The molecular formula is C17H14Br2O2. The first kappa shape index (κ1) is 13.9. The largest absolute Gasteiger partial charge is 0.376 e. The molecule has 2 aromatic carbocycles. The molecule has 0 amide bonds. The van der Waals surface area contributed by atoms with Gasteiger partial charge in [0, 0.05) is 14.9 Å². The Kier molecular flexibility index (Phi) is 3.66. The van der Waals surface area contributed by atoms with Gasteiger partial charge in [0.1, 0.15) is 0 Å². The lowest BCUT2D eigenvalue weighted by Gasteiger charge is -2.29. The van der Waals surface area contributed by atoms with Crippen molar-refractivity contribution in [3.8, 4) is 11.1 Å². The van der Waals surface area contributed by atoms with Crippen LogP contribution in [0.25, 0.3) is 11.1 Å². The summed E-state index contributed by atoms with van der Waals surface area (Å²) in [4.78, 5) is 0. The summed E-state index contributed by atoms with van der Waals surface area (Å²) >= 11 is 7.19. The first-order valence-corrected chi connectivity index (χ1v) is 8.61. The standard InChI is InChI=1S/C17H14Br2O2/c18-10-1-3-12-13-4-2-11(19)8-15(13)17(14(12)7-10)16-9-20-5-6-21-16/h1-4,7-8,16-17H,5-6,9H2. The van der Waals surface area contributed by atoms with Crippen LogP contribution in [-0.2, 0) is 9.47 Å². The summed E-state index contributed by atoms with van der Waals surface area (Å²) in [6.45, 7) is 2.02. The molecule has 0 bridgehead atoms. The van der Waals surface area contributed by atoms with Gasteiger partial charge < -0.3 is 9.47 Å². The summed E-state index contributed by atoms with van der Waals surface area (Å²) in [5.74, 6) is 0.241. The Morgan fingerprint density at radius 3 is 2.00 bits per heavy atom. The quantitative estimate of drug-likeness (QED) is 0.677. The van der Waals surface area contributed by atoms with Crippen LogP contribution in [0.3, 0.4) is 0 Å². The maximum Gasteiger partial charge on any atom is 0.0918 e. The highest BCUT2D eigenvalue weighted by Gasteiger charge is 2.36. The molecule has 108 valence electrons. The lowest BCUT2D eigenvalue weighted by molar-refractivity contribution is -0.0932. The fourth-order valence-electron chi connectivity index (χ4n) is 3.34. The zero-order chi connectivity index (χ0) is 14.4. The van der Waals surface area contributed by atoms with Crippen molar-refractivity contribution in [1.29, 1.82) is 0 Å². The maximum atomic E-state index is 6.00. The molecule has 1 unspecified atom stereocenters. The third-order valence-electron chi connectivity index (χ3n) is 4.20. The number of hydrogen-bond acceptors (Lipinski definition) is 2. The van der Waals surface area contributed by atoms with E-state index in [9.17, 15) is 0 Å². The zero-order valence-corrected chi connectivity index (χ0v) is 14.5. The molecule has 1 fully saturated rings. The van der Waals surface area contributed by atoms with Gasteiger partial charge in [-0.05, 0) is 46.5 Å². The van der Waals surface area contributed by atoms with Crippen LogP contribution in [0.15, 0.2) is 45.3 Å². The molecule has 0 aromatic heterocycles. The average Bonchev–Trinajstić information content (AvgIpc) is 2.80. The van der Waals surface area contributed by atoms with Crippen LogP contribution >= 0.6 is 31.9 Å². The Bertz CT molecular complexity index is 642. The highest BCUT2D eigenvalue weighted by atomic mass is 79.9. The minimum absolute atomic E-state index is 0.0855. The molecule has 4 rings (SSSR count). The molecule has 0 spiro atoms. The Morgan fingerprint density at radius 2 is 1.48 bits per heavy atom. The second-order valence-electron chi connectivity index (χ2n) is 5.42. The fraction of sp³-hybridized carbons (Fsp3) is 0.294. The monoisotopic (exact) mass is 408 g/mol. The molecule has 0 radical (unpaired) electrons. The van der Waals surface area contributed by atoms with Gasteiger partial charge in [0.25, 0.3) is 0 Å². The SMILES string of the molecule is Brc1ccc2c(c1)C(C1COCCO1)c1cc(Br)ccc1-2. The molecule has 1 atom stereocenters. The topological polar surface area (TPSA) is 18.5 Å². The summed E-state index contributed by atoms with van der Waals surface area (Å²) in [6, 6.07) is 13.0. The summed E-state index contributed by atoms with van der Waals surface area (Å²) in [5.41, 5.74) is 5.26. The van der Waals surface area contributed by atoms with Gasteiger partial charge in [0.15, 0.2) is 0 Å². The first-order chi connectivity index (χ1) is 10.2. The second-order valence-corrected chi connectivity index (χ2v) is 7.26. The van der Waals surface area contributed by atoms with E-state index in [0.29, 0.717) is 19.8 Å². The molecule has 1 aliphatic carbocycles. The highest BCUT2D eigenvalue weighted by Crippen LogP contribution is 2.48. The van der Waals surface area contributed by atoms with E-state index in [0.717, 1.165) is 8.95 Å². The van der Waals surface area contributed by atoms with Crippen molar-refractivity contribution in [2.24, 2.45) is 0 Å². The molecule has 21 heavy (non-hydrogen) atoms. The van der Waals surface area contributed by atoms with E-state index in [-0.39, 0.29) is 12.0 Å². The lowest BCUT2D eigenvalue weighted by Crippen LogP contribution is -2.33. The Labute approximate surface area is 140 Å². The summed E-state index contributed by atoms with van der Waals surface area (Å²) in [5, 5.41) is 0. The number of rotatable bonds is 1. The van der Waals surface area contributed by atoms with Crippen molar-refractivity contribution in [3.05, 3.63) is 56.5 Å². The van der Waals surface area contributed by atoms with Crippen molar-refractivity contribution >= 4 is 31.9 Å². The Balaban J connectivity index is 1.89. The molecular weight excluding hydrogens is 396 g/mol. The van der Waals surface area contributed by atoms with E-state index in [4.69, 9.17) is 9.47 Å². The third kappa shape index (κ3) is 2.38. The minimum Gasteiger partial charge on any atom is -0.376 e.